The Hall–Kier alpha value is -1.50. The number of anilines is 2. The molecule has 1 N–H and O–H groups in total. The summed E-state index contributed by atoms with van der Waals surface area (Å²) in [6, 6.07) is 13.0. The van der Waals surface area contributed by atoms with E-state index in [0.717, 1.165) is 15.8 Å². The lowest BCUT2D eigenvalue weighted by Gasteiger charge is -2.18. The van der Waals surface area contributed by atoms with Crippen LogP contribution >= 0.6 is 39.3 Å². The van der Waals surface area contributed by atoms with Gasteiger partial charge in [0.1, 0.15) is 0 Å². The molecule has 130 valence electrons. The lowest BCUT2D eigenvalue weighted by molar-refractivity contribution is -0.117. The number of hydrogen-bond donors (Lipinski definition) is 1. The Bertz CT molecular complexity index is 798. The van der Waals surface area contributed by atoms with Gasteiger partial charge in [-0.2, -0.15) is 0 Å². The summed E-state index contributed by atoms with van der Waals surface area (Å²) in [6.45, 7) is 0.689. The summed E-state index contributed by atoms with van der Waals surface area (Å²) >= 11 is 11.1. The second kappa shape index (κ2) is 8.25. The largest absolute Gasteiger partial charge is 0.325 e. The maximum absolute atomic E-state index is 12.1. The quantitative estimate of drug-likeness (QED) is 0.670. The van der Waals surface area contributed by atoms with Crippen molar-refractivity contribution >= 4 is 62.5 Å². The van der Waals surface area contributed by atoms with Crippen molar-refractivity contribution in [3.63, 3.8) is 0 Å². The molecule has 0 spiro atoms. The molecule has 0 unspecified atom stereocenters. The first-order valence-corrected chi connectivity index (χ1v) is 9.97. The molecule has 1 heterocycles. The summed E-state index contributed by atoms with van der Waals surface area (Å²) in [6.07, 6.45) is 1.41. The molecular weight excluding hydrogens is 424 g/mol. The van der Waals surface area contributed by atoms with Crippen LogP contribution in [0, 0.1) is 0 Å². The second-order valence-electron chi connectivity index (χ2n) is 5.61. The maximum atomic E-state index is 12.1. The van der Waals surface area contributed by atoms with E-state index in [1.807, 2.05) is 24.3 Å². The third-order valence-corrected chi connectivity index (χ3v) is 5.62. The molecule has 0 saturated carbocycles. The molecule has 1 fully saturated rings. The first kappa shape index (κ1) is 18.3. The molecule has 1 aliphatic heterocycles. The highest BCUT2D eigenvalue weighted by Crippen LogP contribution is 2.31. The normalized spacial score (nSPS) is 14.0. The van der Waals surface area contributed by atoms with Crippen molar-refractivity contribution in [3.05, 3.63) is 52.0 Å². The highest BCUT2D eigenvalue weighted by molar-refractivity contribution is 9.10. The van der Waals surface area contributed by atoms with Crippen molar-refractivity contribution in [3.8, 4) is 0 Å². The summed E-state index contributed by atoms with van der Waals surface area (Å²) in [5, 5.41) is 3.30. The van der Waals surface area contributed by atoms with E-state index in [4.69, 9.17) is 11.6 Å². The zero-order chi connectivity index (χ0) is 17.8. The smallest absolute Gasteiger partial charge is 0.234 e. The minimum absolute atomic E-state index is 0.0876. The van der Waals surface area contributed by atoms with Gasteiger partial charge in [0.05, 0.1) is 16.5 Å². The van der Waals surface area contributed by atoms with Crippen LogP contribution in [0.3, 0.4) is 0 Å². The number of amides is 2. The Morgan fingerprint density at radius 1 is 1.24 bits per heavy atom. The number of rotatable bonds is 5. The molecular formula is C18H16BrClN2O2S. The number of nitrogens with zero attached hydrogens (tertiary/aromatic N) is 1. The first-order chi connectivity index (χ1) is 12.0. The van der Waals surface area contributed by atoms with Gasteiger partial charge in [0.15, 0.2) is 0 Å². The van der Waals surface area contributed by atoms with Gasteiger partial charge in [-0.05, 0) is 48.9 Å². The Labute approximate surface area is 164 Å². The van der Waals surface area contributed by atoms with Crippen LogP contribution in [0.1, 0.15) is 12.8 Å². The van der Waals surface area contributed by atoms with E-state index >= 15 is 0 Å². The van der Waals surface area contributed by atoms with E-state index in [1.165, 1.54) is 11.8 Å². The summed E-state index contributed by atoms with van der Waals surface area (Å²) < 4.78 is 1.01. The third kappa shape index (κ3) is 4.77. The molecule has 0 bridgehead atoms. The van der Waals surface area contributed by atoms with E-state index in [-0.39, 0.29) is 11.8 Å². The SMILES string of the molecule is O=C(CSc1ccc(Br)cc1)Nc1ccc(N2CCCC2=O)c(Cl)c1. The predicted octanol–water partition coefficient (Wildman–Crippen LogP) is 4.96. The summed E-state index contributed by atoms with van der Waals surface area (Å²) in [5.41, 5.74) is 1.33. The zero-order valence-electron chi connectivity index (χ0n) is 13.3. The van der Waals surface area contributed by atoms with Crippen LogP contribution in [0.15, 0.2) is 51.8 Å². The minimum atomic E-state index is -0.103. The molecule has 0 atom stereocenters. The molecule has 4 nitrogen and oxygen atoms in total. The van der Waals surface area contributed by atoms with Gasteiger partial charge in [0.2, 0.25) is 11.8 Å². The van der Waals surface area contributed by atoms with Crippen molar-refractivity contribution in [2.24, 2.45) is 0 Å². The topological polar surface area (TPSA) is 49.4 Å². The average Bonchev–Trinajstić information content (AvgIpc) is 3.00. The van der Waals surface area contributed by atoms with Crippen molar-refractivity contribution in [1.82, 2.24) is 0 Å². The fraction of sp³-hybridized carbons (Fsp3) is 0.222. The number of benzene rings is 2. The molecule has 2 aromatic carbocycles. The van der Waals surface area contributed by atoms with E-state index in [1.54, 1.807) is 23.1 Å². The number of carbonyl (C=O) groups is 2. The van der Waals surface area contributed by atoms with Crippen LogP contribution < -0.4 is 10.2 Å². The molecule has 3 rings (SSSR count). The highest BCUT2D eigenvalue weighted by Gasteiger charge is 2.23. The van der Waals surface area contributed by atoms with Crippen LogP contribution in [-0.2, 0) is 9.59 Å². The van der Waals surface area contributed by atoms with Crippen LogP contribution in [0.5, 0.6) is 0 Å². The number of carbonyl (C=O) groups excluding carboxylic acids is 2. The third-order valence-electron chi connectivity index (χ3n) is 3.78. The van der Waals surface area contributed by atoms with Gasteiger partial charge in [0.25, 0.3) is 0 Å². The van der Waals surface area contributed by atoms with Gasteiger partial charge >= 0.3 is 0 Å². The Kier molecular flexibility index (Phi) is 6.04. The van der Waals surface area contributed by atoms with E-state index < -0.39 is 0 Å². The molecule has 25 heavy (non-hydrogen) atoms. The summed E-state index contributed by atoms with van der Waals surface area (Å²) in [4.78, 5) is 26.6. The molecule has 7 heteroatoms. The van der Waals surface area contributed by atoms with Crippen molar-refractivity contribution < 1.29 is 9.59 Å². The van der Waals surface area contributed by atoms with Crippen molar-refractivity contribution in [2.45, 2.75) is 17.7 Å². The van der Waals surface area contributed by atoms with Gasteiger partial charge < -0.3 is 10.2 Å². The molecule has 1 saturated heterocycles. The highest BCUT2D eigenvalue weighted by atomic mass is 79.9. The lowest BCUT2D eigenvalue weighted by atomic mass is 10.2. The number of halogens is 2. The van der Waals surface area contributed by atoms with Crippen molar-refractivity contribution in [2.75, 3.05) is 22.5 Å². The lowest BCUT2D eigenvalue weighted by Crippen LogP contribution is -2.24. The van der Waals surface area contributed by atoms with Crippen LogP contribution in [0.25, 0.3) is 0 Å². The molecule has 2 amide bonds. The monoisotopic (exact) mass is 438 g/mol. The fourth-order valence-corrected chi connectivity index (χ4v) is 3.83. The van der Waals surface area contributed by atoms with Gasteiger partial charge in [-0.1, -0.05) is 27.5 Å². The van der Waals surface area contributed by atoms with Crippen LogP contribution in [-0.4, -0.2) is 24.1 Å². The molecule has 0 aliphatic carbocycles. The minimum Gasteiger partial charge on any atom is -0.325 e. The van der Waals surface area contributed by atoms with Gasteiger partial charge in [0, 0.05) is 28.0 Å². The Morgan fingerprint density at radius 2 is 2.00 bits per heavy atom. The maximum Gasteiger partial charge on any atom is 0.234 e. The Morgan fingerprint density at radius 3 is 2.64 bits per heavy atom. The van der Waals surface area contributed by atoms with E-state index in [2.05, 4.69) is 21.2 Å². The second-order valence-corrected chi connectivity index (χ2v) is 7.98. The zero-order valence-corrected chi connectivity index (χ0v) is 16.5. The summed E-state index contributed by atoms with van der Waals surface area (Å²) in [7, 11) is 0. The predicted molar refractivity (Wildman–Crippen MR) is 107 cm³/mol. The summed E-state index contributed by atoms with van der Waals surface area (Å²) in [5.74, 6) is 0.296. The van der Waals surface area contributed by atoms with Crippen LogP contribution in [0.2, 0.25) is 5.02 Å². The van der Waals surface area contributed by atoms with Crippen LogP contribution in [0.4, 0.5) is 11.4 Å². The van der Waals surface area contributed by atoms with E-state index in [9.17, 15) is 9.59 Å². The number of hydrogen-bond acceptors (Lipinski definition) is 3. The van der Waals surface area contributed by atoms with Crippen molar-refractivity contribution in [1.29, 1.82) is 0 Å². The molecule has 0 radical (unpaired) electrons. The van der Waals surface area contributed by atoms with Gasteiger partial charge in [-0.25, -0.2) is 0 Å². The molecule has 1 aliphatic rings. The first-order valence-electron chi connectivity index (χ1n) is 7.81. The standard InChI is InChI=1S/C18H16BrClN2O2S/c19-12-3-6-14(7-4-12)25-11-17(23)21-13-5-8-16(15(20)10-13)22-9-1-2-18(22)24/h3-8,10H,1-2,9,11H2,(H,21,23). The molecule has 2 aromatic rings. The average molecular weight is 440 g/mol. The number of nitrogens with one attached hydrogen (secondary N) is 1. The fourth-order valence-electron chi connectivity index (χ4n) is 2.58. The Balaban J connectivity index is 1.58. The molecule has 0 aromatic heterocycles. The van der Waals surface area contributed by atoms with E-state index in [0.29, 0.717) is 35.1 Å². The van der Waals surface area contributed by atoms with Gasteiger partial charge in [-0.3, -0.25) is 9.59 Å². The number of thioether (sulfide) groups is 1. The van der Waals surface area contributed by atoms with Gasteiger partial charge in [-0.15, -0.1) is 11.8 Å².